The number of nitrogens with one attached hydrogen (secondary N) is 1. The molecule has 0 fully saturated rings. The minimum atomic E-state index is -0.787. The largest absolute Gasteiger partial charge is 0.353 e. The number of benzene rings is 1. The summed E-state index contributed by atoms with van der Waals surface area (Å²) in [5.74, 6) is 0.516. The summed E-state index contributed by atoms with van der Waals surface area (Å²) < 4.78 is 11.2. The van der Waals surface area contributed by atoms with Crippen molar-refractivity contribution in [1.29, 1.82) is 0 Å². The highest BCUT2D eigenvalue weighted by molar-refractivity contribution is 7.84. The predicted octanol–water partition coefficient (Wildman–Crippen LogP) is 1.59. The lowest BCUT2D eigenvalue weighted by Gasteiger charge is -2.08. The van der Waals surface area contributed by atoms with Crippen LogP contribution in [0.5, 0.6) is 0 Å². The fourth-order valence-corrected chi connectivity index (χ4v) is 1.96. The summed E-state index contributed by atoms with van der Waals surface area (Å²) in [6, 6.07) is 7.60. The van der Waals surface area contributed by atoms with Crippen molar-refractivity contribution in [2.45, 2.75) is 18.6 Å². The second-order valence-corrected chi connectivity index (χ2v) is 5.95. The van der Waals surface area contributed by atoms with E-state index < -0.39 is 10.8 Å². The van der Waals surface area contributed by atoms with Crippen LogP contribution in [0.2, 0.25) is 0 Å². The Hall–Kier alpha value is -1.56. The molecule has 0 aliphatic rings. The first-order valence-corrected chi connectivity index (χ1v) is 7.44. The van der Waals surface area contributed by atoms with Crippen molar-refractivity contribution in [2.75, 3.05) is 18.1 Å². The van der Waals surface area contributed by atoms with Crippen LogP contribution in [0, 0.1) is 0 Å². The maximum Gasteiger partial charge on any atom is 0.243 e. The van der Waals surface area contributed by atoms with Gasteiger partial charge in [0.05, 0.1) is 5.52 Å². The molecule has 0 saturated carbocycles. The standard InChI is InChI=1S/C12H16N4OS/c1-9(18(2)17)7-8-13-12-14-10-5-3-4-6-11(10)15-16-12/h3-6,9H,7-8H2,1-2H3,(H,13,14,16). The molecule has 0 radical (unpaired) electrons. The van der Waals surface area contributed by atoms with E-state index in [4.69, 9.17) is 0 Å². The number of fused-ring (bicyclic) bond motifs is 1. The Bertz CT molecular complexity index is 561. The first kappa shape index (κ1) is 12.9. The van der Waals surface area contributed by atoms with Gasteiger partial charge < -0.3 is 5.32 Å². The van der Waals surface area contributed by atoms with Crippen molar-refractivity contribution < 1.29 is 4.21 Å². The molecule has 18 heavy (non-hydrogen) atoms. The monoisotopic (exact) mass is 264 g/mol. The third-order valence-electron chi connectivity index (χ3n) is 2.76. The maximum atomic E-state index is 11.2. The van der Waals surface area contributed by atoms with Crippen molar-refractivity contribution >= 4 is 27.8 Å². The second kappa shape index (κ2) is 5.86. The Morgan fingerprint density at radius 2 is 2.00 bits per heavy atom. The second-order valence-electron chi connectivity index (χ2n) is 4.15. The van der Waals surface area contributed by atoms with E-state index in [0.717, 1.165) is 17.5 Å². The molecule has 1 aromatic carbocycles. The van der Waals surface area contributed by atoms with Gasteiger partial charge in [0.25, 0.3) is 0 Å². The van der Waals surface area contributed by atoms with E-state index in [2.05, 4.69) is 20.5 Å². The average molecular weight is 264 g/mol. The molecule has 0 aliphatic carbocycles. The van der Waals surface area contributed by atoms with Crippen LogP contribution in [0.15, 0.2) is 24.3 Å². The van der Waals surface area contributed by atoms with Gasteiger partial charge in [0, 0.05) is 28.9 Å². The molecule has 2 unspecified atom stereocenters. The molecule has 5 nitrogen and oxygen atoms in total. The van der Waals surface area contributed by atoms with E-state index in [1.807, 2.05) is 31.2 Å². The number of rotatable bonds is 5. The zero-order valence-corrected chi connectivity index (χ0v) is 11.3. The van der Waals surface area contributed by atoms with Crippen LogP contribution < -0.4 is 5.32 Å². The molecule has 2 atom stereocenters. The highest BCUT2D eigenvalue weighted by Crippen LogP contribution is 2.09. The fourth-order valence-electron chi connectivity index (χ4n) is 1.51. The van der Waals surface area contributed by atoms with E-state index >= 15 is 0 Å². The SMILES string of the molecule is CC(CCNc1nnc2ccccc2n1)S(C)=O. The lowest BCUT2D eigenvalue weighted by Crippen LogP contribution is -2.16. The Balaban J connectivity index is 1.98. The molecule has 1 N–H and O–H groups in total. The van der Waals surface area contributed by atoms with Crippen molar-refractivity contribution in [3.05, 3.63) is 24.3 Å². The Morgan fingerprint density at radius 1 is 1.28 bits per heavy atom. The number of hydrogen-bond donors (Lipinski definition) is 1. The molecule has 1 heterocycles. The van der Waals surface area contributed by atoms with Gasteiger partial charge in [0.2, 0.25) is 5.95 Å². The Kier molecular flexibility index (Phi) is 4.19. The number of para-hydroxylation sites is 1. The van der Waals surface area contributed by atoms with Crippen molar-refractivity contribution in [3.63, 3.8) is 0 Å². The molecule has 2 aromatic rings. The van der Waals surface area contributed by atoms with Gasteiger partial charge in [-0.2, -0.15) is 0 Å². The fraction of sp³-hybridized carbons (Fsp3) is 0.417. The smallest absolute Gasteiger partial charge is 0.243 e. The summed E-state index contributed by atoms with van der Waals surface area (Å²) in [6.07, 6.45) is 2.54. The van der Waals surface area contributed by atoms with Crippen molar-refractivity contribution in [1.82, 2.24) is 15.2 Å². The lowest BCUT2D eigenvalue weighted by molar-refractivity contribution is 0.672. The van der Waals surface area contributed by atoms with Crippen LogP contribution in [0.25, 0.3) is 11.0 Å². The van der Waals surface area contributed by atoms with Crippen LogP contribution >= 0.6 is 0 Å². The minimum Gasteiger partial charge on any atom is -0.353 e. The first-order chi connectivity index (χ1) is 8.66. The summed E-state index contributed by atoms with van der Waals surface area (Å²) in [5, 5.41) is 11.4. The molecule has 6 heteroatoms. The topological polar surface area (TPSA) is 67.8 Å². The molecule has 96 valence electrons. The molecule has 0 aliphatic heterocycles. The molecule has 0 spiro atoms. The van der Waals surface area contributed by atoms with Crippen LogP contribution in [0.1, 0.15) is 13.3 Å². The van der Waals surface area contributed by atoms with Gasteiger partial charge in [-0.3, -0.25) is 4.21 Å². The molecular formula is C12H16N4OS. The average Bonchev–Trinajstić information content (AvgIpc) is 2.38. The number of aromatic nitrogens is 3. The lowest BCUT2D eigenvalue weighted by atomic mass is 10.3. The van der Waals surface area contributed by atoms with Gasteiger partial charge >= 0.3 is 0 Å². The molecule has 0 amide bonds. The van der Waals surface area contributed by atoms with Gasteiger partial charge in [0.15, 0.2) is 0 Å². The highest BCUT2D eigenvalue weighted by Gasteiger charge is 2.06. The minimum absolute atomic E-state index is 0.172. The van der Waals surface area contributed by atoms with E-state index in [9.17, 15) is 4.21 Å². The van der Waals surface area contributed by atoms with E-state index in [1.54, 1.807) is 6.26 Å². The normalized spacial score (nSPS) is 14.3. The Morgan fingerprint density at radius 3 is 2.72 bits per heavy atom. The molecule has 1 aromatic heterocycles. The molecule has 2 rings (SSSR count). The third kappa shape index (κ3) is 3.22. The van der Waals surface area contributed by atoms with Crippen LogP contribution in [-0.4, -0.2) is 37.4 Å². The van der Waals surface area contributed by atoms with Crippen LogP contribution in [0.3, 0.4) is 0 Å². The van der Waals surface area contributed by atoms with Gasteiger partial charge in [-0.05, 0) is 18.6 Å². The zero-order valence-electron chi connectivity index (χ0n) is 10.5. The first-order valence-electron chi connectivity index (χ1n) is 5.82. The third-order valence-corrected chi connectivity index (χ3v) is 4.13. The van der Waals surface area contributed by atoms with E-state index in [1.165, 1.54) is 0 Å². The van der Waals surface area contributed by atoms with Crippen molar-refractivity contribution in [3.8, 4) is 0 Å². The highest BCUT2D eigenvalue weighted by atomic mass is 32.2. The van der Waals surface area contributed by atoms with Crippen molar-refractivity contribution in [2.24, 2.45) is 0 Å². The van der Waals surface area contributed by atoms with Crippen LogP contribution in [-0.2, 0) is 10.8 Å². The van der Waals surface area contributed by atoms with E-state index in [-0.39, 0.29) is 5.25 Å². The summed E-state index contributed by atoms with van der Waals surface area (Å²) in [6.45, 7) is 2.66. The number of hydrogen-bond acceptors (Lipinski definition) is 5. The van der Waals surface area contributed by atoms with E-state index in [0.29, 0.717) is 12.5 Å². The zero-order chi connectivity index (χ0) is 13.0. The quantitative estimate of drug-likeness (QED) is 0.888. The maximum absolute atomic E-state index is 11.2. The van der Waals surface area contributed by atoms with Gasteiger partial charge in [-0.25, -0.2) is 4.98 Å². The predicted molar refractivity (Wildman–Crippen MR) is 74.0 cm³/mol. The molecule has 0 saturated heterocycles. The summed E-state index contributed by atoms with van der Waals surface area (Å²) in [4.78, 5) is 4.36. The summed E-state index contributed by atoms with van der Waals surface area (Å²) >= 11 is 0. The summed E-state index contributed by atoms with van der Waals surface area (Å²) in [7, 11) is -0.787. The van der Waals surface area contributed by atoms with Gasteiger partial charge in [-0.1, -0.05) is 19.1 Å². The molecular weight excluding hydrogens is 248 g/mol. The Labute approximate surface area is 108 Å². The van der Waals surface area contributed by atoms with Crippen LogP contribution in [0.4, 0.5) is 5.95 Å². The van der Waals surface area contributed by atoms with Gasteiger partial charge in [0.1, 0.15) is 5.52 Å². The van der Waals surface area contributed by atoms with Gasteiger partial charge in [-0.15, -0.1) is 10.2 Å². The number of nitrogens with zero attached hydrogens (tertiary/aromatic N) is 3. The molecule has 0 bridgehead atoms. The number of anilines is 1. The summed E-state index contributed by atoms with van der Waals surface area (Å²) in [5.41, 5.74) is 1.60.